The zero-order valence-corrected chi connectivity index (χ0v) is 8.46. The van der Waals surface area contributed by atoms with E-state index in [9.17, 15) is 0 Å². The second-order valence-electron chi connectivity index (χ2n) is 3.13. The summed E-state index contributed by atoms with van der Waals surface area (Å²) in [6.07, 6.45) is 2.96. The third-order valence-corrected chi connectivity index (χ3v) is 1.58. The van der Waals surface area contributed by atoms with Crippen molar-refractivity contribution in [2.24, 2.45) is 0 Å². The van der Waals surface area contributed by atoms with Crippen LogP contribution >= 0.6 is 0 Å². The maximum atomic E-state index is 4.10. The van der Waals surface area contributed by atoms with Crippen molar-refractivity contribution >= 4 is 11.0 Å². The molecule has 70 valence electrons. The van der Waals surface area contributed by atoms with Crippen LogP contribution in [0.5, 0.6) is 0 Å². The highest BCUT2D eigenvalue weighted by Gasteiger charge is 1.92. The van der Waals surface area contributed by atoms with Crippen LogP contribution in [-0.2, 0) is 0 Å². The SMILES string of the molecule is CCC.Cc1ccc2nc[nH]c2c1. The van der Waals surface area contributed by atoms with E-state index in [0.29, 0.717) is 0 Å². The van der Waals surface area contributed by atoms with Gasteiger partial charge in [-0.3, -0.25) is 0 Å². The molecule has 1 heterocycles. The third kappa shape index (κ3) is 2.58. The van der Waals surface area contributed by atoms with E-state index < -0.39 is 0 Å². The van der Waals surface area contributed by atoms with Gasteiger partial charge in [0.15, 0.2) is 0 Å². The van der Waals surface area contributed by atoms with Gasteiger partial charge >= 0.3 is 0 Å². The molecule has 0 spiro atoms. The summed E-state index contributed by atoms with van der Waals surface area (Å²) in [6, 6.07) is 6.16. The number of fused-ring (bicyclic) bond motifs is 1. The van der Waals surface area contributed by atoms with Crippen molar-refractivity contribution in [1.29, 1.82) is 0 Å². The molecule has 2 nitrogen and oxygen atoms in total. The molecular formula is C11H16N2. The van der Waals surface area contributed by atoms with E-state index >= 15 is 0 Å². The molecule has 0 aliphatic carbocycles. The molecule has 1 N–H and O–H groups in total. The summed E-state index contributed by atoms with van der Waals surface area (Å²) in [7, 11) is 0. The number of rotatable bonds is 0. The van der Waals surface area contributed by atoms with Crippen molar-refractivity contribution in [2.75, 3.05) is 0 Å². The molecule has 0 aliphatic heterocycles. The smallest absolute Gasteiger partial charge is 0.0931 e. The lowest BCUT2D eigenvalue weighted by atomic mass is 10.2. The quantitative estimate of drug-likeness (QED) is 0.655. The van der Waals surface area contributed by atoms with Gasteiger partial charge in [0.05, 0.1) is 17.4 Å². The Morgan fingerprint density at radius 2 is 2.00 bits per heavy atom. The predicted octanol–water partition coefficient (Wildman–Crippen LogP) is 3.29. The Kier molecular flexibility index (Phi) is 3.50. The molecule has 2 aromatic rings. The van der Waals surface area contributed by atoms with Crippen molar-refractivity contribution in [1.82, 2.24) is 9.97 Å². The summed E-state index contributed by atoms with van der Waals surface area (Å²) in [4.78, 5) is 7.15. The molecule has 1 aromatic carbocycles. The maximum absolute atomic E-state index is 4.10. The summed E-state index contributed by atoms with van der Waals surface area (Å²) < 4.78 is 0. The third-order valence-electron chi connectivity index (χ3n) is 1.58. The molecule has 0 fully saturated rings. The molecule has 0 bridgehead atoms. The zero-order valence-electron chi connectivity index (χ0n) is 8.46. The monoisotopic (exact) mass is 176 g/mol. The Morgan fingerprint density at radius 3 is 2.69 bits per heavy atom. The highest BCUT2D eigenvalue weighted by molar-refractivity contribution is 5.74. The number of aryl methyl sites for hydroxylation is 1. The van der Waals surface area contributed by atoms with Gasteiger partial charge in [-0.25, -0.2) is 4.98 Å². The van der Waals surface area contributed by atoms with E-state index in [1.807, 2.05) is 6.07 Å². The molecule has 2 heteroatoms. The van der Waals surface area contributed by atoms with Crippen LogP contribution in [0.4, 0.5) is 0 Å². The fourth-order valence-electron chi connectivity index (χ4n) is 1.05. The molecule has 0 unspecified atom stereocenters. The normalized spacial score (nSPS) is 9.46. The molecule has 0 aliphatic rings. The van der Waals surface area contributed by atoms with Crippen LogP contribution in [0.3, 0.4) is 0 Å². The molecule has 0 saturated heterocycles. The Bertz CT molecular complexity index is 363. The molecule has 0 radical (unpaired) electrons. The van der Waals surface area contributed by atoms with E-state index in [1.54, 1.807) is 6.33 Å². The lowest BCUT2D eigenvalue weighted by Gasteiger charge is -1.89. The maximum Gasteiger partial charge on any atom is 0.0931 e. The van der Waals surface area contributed by atoms with E-state index in [2.05, 4.69) is 42.9 Å². The minimum atomic E-state index is 1.03. The molecule has 0 saturated carbocycles. The summed E-state index contributed by atoms with van der Waals surface area (Å²) >= 11 is 0. The Balaban J connectivity index is 0.000000251. The fraction of sp³-hybridized carbons (Fsp3) is 0.364. The van der Waals surface area contributed by atoms with Gasteiger partial charge in [-0.1, -0.05) is 26.3 Å². The first-order valence-corrected chi connectivity index (χ1v) is 4.67. The highest BCUT2D eigenvalue weighted by atomic mass is 14.9. The minimum Gasteiger partial charge on any atom is -0.345 e. The number of imidazole rings is 1. The number of benzene rings is 1. The number of nitrogens with one attached hydrogen (secondary N) is 1. The second kappa shape index (κ2) is 4.65. The van der Waals surface area contributed by atoms with Crippen LogP contribution in [-0.4, -0.2) is 9.97 Å². The van der Waals surface area contributed by atoms with E-state index in [4.69, 9.17) is 0 Å². The topological polar surface area (TPSA) is 28.7 Å². The first kappa shape index (κ1) is 9.78. The largest absolute Gasteiger partial charge is 0.345 e. The van der Waals surface area contributed by atoms with Gasteiger partial charge < -0.3 is 4.98 Å². The van der Waals surface area contributed by atoms with Crippen LogP contribution in [0.2, 0.25) is 0 Å². The summed E-state index contributed by atoms with van der Waals surface area (Å²) in [5, 5.41) is 0. The van der Waals surface area contributed by atoms with Crippen LogP contribution in [0.15, 0.2) is 24.5 Å². The number of H-pyrrole nitrogens is 1. The Labute approximate surface area is 79.0 Å². The number of aromatic nitrogens is 2. The van der Waals surface area contributed by atoms with Gasteiger partial charge in [0.1, 0.15) is 0 Å². The zero-order chi connectivity index (χ0) is 9.68. The van der Waals surface area contributed by atoms with Gasteiger partial charge in [-0.05, 0) is 24.6 Å². The van der Waals surface area contributed by atoms with Crippen LogP contribution in [0.1, 0.15) is 25.8 Å². The van der Waals surface area contributed by atoms with Gasteiger partial charge in [0, 0.05) is 0 Å². The van der Waals surface area contributed by atoms with Gasteiger partial charge in [0.2, 0.25) is 0 Å². The van der Waals surface area contributed by atoms with Crippen LogP contribution in [0, 0.1) is 6.92 Å². The molecule has 1 aromatic heterocycles. The second-order valence-corrected chi connectivity index (χ2v) is 3.13. The van der Waals surface area contributed by atoms with Crippen molar-refractivity contribution < 1.29 is 0 Å². The first-order chi connectivity index (χ1) is 6.27. The Hall–Kier alpha value is -1.31. The van der Waals surface area contributed by atoms with Crippen molar-refractivity contribution in [2.45, 2.75) is 27.2 Å². The predicted molar refractivity (Wildman–Crippen MR) is 56.8 cm³/mol. The van der Waals surface area contributed by atoms with Crippen molar-refractivity contribution in [3.8, 4) is 0 Å². The number of nitrogens with zero attached hydrogens (tertiary/aromatic N) is 1. The minimum absolute atomic E-state index is 1.03. The molecule has 2 rings (SSSR count). The number of hydrogen-bond donors (Lipinski definition) is 1. The molecule has 13 heavy (non-hydrogen) atoms. The van der Waals surface area contributed by atoms with Crippen LogP contribution in [0.25, 0.3) is 11.0 Å². The van der Waals surface area contributed by atoms with Crippen LogP contribution < -0.4 is 0 Å². The first-order valence-electron chi connectivity index (χ1n) is 4.67. The summed E-state index contributed by atoms with van der Waals surface area (Å²) in [6.45, 7) is 6.32. The molecular weight excluding hydrogens is 160 g/mol. The fourth-order valence-corrected chi connectivity index (χ4v) is 1.05. The van der Waals surface area contributed by atoms with Gasteiger partial charge in [-0.15, -0.1) is 0 Å². The van der Waals surface area contributed by atoms with E-state index in [0.717, 1.165) is 11.0 Å². The molecule has 0 atom stereocenters. The summed E-state index contributed by atoms with van der Waals surface area (Å²) in [5.41, 5.74) is 3.40. The number of hydrogen-bond acceptors (Lipinski definition) is 1. The lowest BCUT2D eigenvalue weighted by molar-refractivity contribution is 1.09. The number of aromatic amines is 1. The Morgan fingerprint density at radius 1 is 1.31 bits per heavy atom. The molecule has 0 amide bonds. The standard InChI is InChI=1S/C8H8N2.C3H8/c1-6-2-3-7-8(4-6)10-5-9-7;1-3-2/h2-5H,1H3,(H,9,10);3H2,1-2H3. The van der Waals surface area contributed by atoms with Gasteiger partial charge in [-0.2, -0.15) is 0 Å². The average molecular weight is 176 g/mol. The average Bonchev–Trinajstić information content (AvgIpc) is 2.52. The summed E-state index contributed by atoms with van der Waals surface area (Å²) in [5.74, 6) is 0. The lowest BCUT2D eigenvalue weighted by Crippen LogP contribution is -1.71. The van der Waals surface area contributed by atoms with E-state index in [1.165, 1.54) is 12.0 Å². The van der Waals surface area contributed by atoms with Crippen molar-refractivity contribution in [3.05, 3.63) is 30.1 Å². The van der Waals surface area contributed by atoms with Crippen molar-refractivity contribution in [3.63, 3.8) is 0 Å². The highest BCUT2D eigenvalue weighted by Crippen LogP contribution is 2.09. The van der Waals surface area contributed by atoms with E-state index in [-0.39, 0.29) is 0 Å². The van der Waals surface area contributed by atoms with Gasteiger partial charge in [0.25, 0.3) is 0 Å².